The molecule has 0 atom stereocenters. The van der Waals surface area contributed by atoms with Gasteiger partial charge in [0, 0.05) is 24.2 Å². The highest BCUT2D eigenvalue weighted by atomic mass is 32.1. The Bertz CT molecular complexity index is 826. The minimum absolute atomic E-state index is 0.100. The van der Waals surface area contributed by atoms with E-state index >= 15 is 0 Å². The number of carbonyl (C=O) groups excluding carboxylic acids is 3. The number of aromatic nitrogens is 1. The van der Waals surface area contributed by atoms with Crippen molar-refractivity contribution in [2.24, 2.45) is 0 Å². The summed E-state index contributed by atoms with van der Waals surface area (Å²) in [5, 5.41) is 0.780. The van der Waals surface area contributed by atoms with Crippen LogP contribution >= 0.6 is 11.3 Å². The number of amides is 1. The van der Waals surface area contributed by atoms with E-state index in [9.17, 15) is 14.4 Å². The molecule has 1 saturated heterocycles. The van der Waals surface area contributed by atoms with E-state index in [2.05, 4.69) is 4.98 Å². The number of ether oxygens (including phenoxy) is 1. The number of benzene rings is 1. The molecule has 2 aromatic rings. The van der Waals surface area contributed by atoms with Crippen LogP contribution in [0.3, 0.4) is 0 Å². The first-order valence-corrected chi connectivity index (χ1v) is 8.82. The summed E-state index contributed by atoms with van der Waals surface area (Å²) in [6.45, 7) is 3.93. The summed E-state index contributed by atoms with van der Waals surface area (Å²) in [4.78, 5) is 42.3. The molecular weight excluding hydrogens is 340 g/mol. The molecule has 130 valence electrons. The van der Waals surface area contributed by atoms with E-state index in [1.807, 2.05) is 6.92 Å². The molecule has 1 aromatic heterocycles. The normalized spacial score (nSPS) is 14.0. The first kappa shape index (κ1) is 17.3. The fraction of sp³-hybridized carbons (Fsp3) is 0.333. The number of carbonyl (C=O) groups is 3. The lowest BCUT2D eigenvalue weighted by Crippen LogP contribution is -2.23. The molecule has 1 aliphatic rings. The lowest BCUT2D eigenvalue weighted by Gasteiger charge is -2.15. The number of anilines is 1. The molecule has 7 heteroatoms. The first-order chi connectivity index (χ1) is 12.0. The Morgan fingerprint density at radius 1 is 1.24 bits per heavy atom. The molecule has 0 bridgehead atoms. The van der Waals surface area contributed by atoms with Crippen molar-refractivity contribution in [1.82, 2.24) is 4.98 Å². The third kappa shape index (κ3) is 3.76. The van der Waals surface area contributed by atoms with Crippen molar-refractivity contribution in [2.75, 3.05) is 18.1 Å². The number of esters is 1. The van der Waals surface area contributed by atoms with Crippen molar-refractivity contribution in [2.45, 2.75) is 26.7 Å². The van der Waals surface area contributed by atoms with Crippen LogP contribution in [-0.4, -0.2) is 35.8 Å². The predicted molar refractivity (Wildman–Crippen MR) is 94.2 cm³/mol. The molecule has 3 rings (SSSR count). The molecule has 0 N–H and O–H groups in total. The summed E-state index contributed by atoms with van der Waals surface area (Å²) >= 11 is 1.25. The average molecular weight is 358 g/mol. The zero-order valence-corrected chi connectivity index (χ0v) is 14.9. The van der Waals surface area contributed by atoms with Gasteiger partial charge in [0.05, 0.1) is 10.7 Å². The Labute approximate surface area is 149 Å². The maximum atomic E-state index is 12.2. The number of thiazole rings is 1. The van der Waals surface area contributed by atoms with E-state index in [0.29, 0.717) is 29.1 Å². The Hall–Kier alpha value is -2.54. The molecule has 0 spiro atoms. The topological polar surface area (TPSA) is 76.6 Å². The summed E-state index contributed by atoms with van der Waals surface area (Å²) in [6, 6.07) is 6.79. The van der Waals surface area contributed by atoms with Crippen LogP contribution in [0.5, 0.6) is 0 Å². The van der Waals surface area contributed by atoms with E-state index in [1.54, 1.807) is 36.1 Å². The van der Waals surface area contributed by atoms with E-state index in [4.69, 9.17) is 4.74 Å². The highest BCUT2D eigenvalue weighted by Crippen LogP contribution is 2.22. The van der Waals surface area contributed by atoms with Crippen LogP contribution in [0.1, 0.15) is 43.6 Å². The van der Waals surface area contributed by atoms with Gasteiger partial charge >= 0.3 is 5.97 Å². The second kappa shape index (κ2) is 7.14. The number of ketones is 1. The average Bonchev–Trinajstić information content (AvgIpc) is 3.17. The number of Topliss-reactive ketones (excluding diaryl/α,β-unsaturated/α-hetero) is 1. The molecule has 1 fully saturated rings. The summed E-state index contributed by atoms with van der Waals surface area (Å²) in [5.41, 5.74) is 1.84. The van der Waals surface area contributed by atoms with E-state index in [1.165, 1.54) is 11.3 Å². The van der Waals surface area contributed by atoms with Gasteiger partial charge < -0.3 is 9.64 Å². The fourth-order valence-electron chi connectivity index (χ4n) is 2.75. The molecule has 0 aliphatic carbocycles. The number of rotatable bonds is 5. The Morgan fingerprint density at radius 2 is 1.96 bits per heavy atom. The molecule has 0 saturated carbocycles. The minimum atomic E-state index is -0.532. The largest absolute Gasteiger partial charge is 0.453 e. The third-order valence-corrected chi connectivity index (χ3v) is 5.05. The van der Waals surface area contributed by atoms with Gasteiger partial charge in [-0.05, 0) is 44.5 Å². The van der Waals surface area contributed by atoms with Crippen LogP contribution in [-0.2, 0) is 9.53 Å². The Balaban J connectivity index is 1.60. The maximum Gasteiger partial charge on any atom is 0.350 e. The molecule has 0 unspecified atom stereocenters. The minimum Gasteiger partial charge on any atom is -0.453 e. The Kier molecular flexibility index (Phi) is 4.94. The first-order valence-electron chi connectivity index (χ1n) is 8.00. The standard InChI is InChI=1S/C18H18N2O4S/c1-11-17(25-12(2)19-11)18(23)24-10-15(21)13-5-7-14(8-6-13)20-9-3-4-16(20)22/h5-8H,3-4,9-10H2,1-2H3. The molecule has 1 amide bonds. The SMILES string of the molecule is Cc1nc(C)c(C(=O)OCC(=O)c2ccc(N3CCCC3=O)cc2)s1. The summed E-state index contributed by atoms with van der Waals surface area (Å²) in [6.07, 6.45) is 1.42. The summed E-state index contributed by atoms with van der Waals surface area (Å²) in [7, 11) is 0. The number of aryl methyl sites for hydroxylation is 2. The predicted octanol–water partition coefficient (Wildman–Crippen LogP) is 2.93. The van der Waals surface area contributed by atoms with Gasteiger partial charge in [0.15, 0.2) is 12.4 Å². The van der Waals surface area contributed by atoms with Crippen LogP contribution in [0.15, 0.2) is 24.3 Å². The maximum absolute atomic E-state index is 12.2. The van der Waals surface area contributed by atoms with E-state index < -0.39 is 5.97 Å². The van der Waals surface area contributed by atoms with Crippen molar-refractivity contribution in [3.05, 3.63) is 45.4 Å². The van der Waals surface area contributed by atoms with Gasteiger partial charge in [0.25, 0.3) is 0 Å². The van der Waals surface area contributed by atoms with Crippen molar-refractivity contribution in [1.29, 1.82) is 0 Å². The van der Waals surface area contributed by atoms with Crippen LogP contribution in [0.4, 0.5) is 5.69 Å². The summed E-state index contributed by atoms with van der Waals surface area (Å²) in [5.74, 6) is -0.717. The van der Waals surface area contributed by atoms with Gasteiger partial charge in [0.2, 0.25) is 5.91 Å². The third-order valence-electron chi connectivity index (χ3n) is 4.00. The second-order valence-corrected chi connectivity index (χ2v) is 7.05. The van der Waals surface area contributed by atoms with Crippen molar-refractivity contribution in [3.63, 3.8) is 0 Å². The van der Waals surface area contributed by atoms with Gasteiger partial charge in [-0.25, -0.2) is 9.78 Å². The van der Waals surface area contributed by atoms with Gasteiger partial charge in [-0.15, -0.1) is 11.3 Å². The molecule has 1 aromatic carbocycles. The number of nitrogens with zero attached hydrogens (tertiary/aromatic N) is 2. The van der Waals surface area contributed by atoms with Gasteiger partial charge in [0.1, 0.15) is 4.88 Å². The van der Waals surface area contributed by atoms with Gasteiger partial charge in [-0.1, -0.05) is 0 Å². The highest BCUT2D eigenvalue weighted by Gasteiger charge is 2.22. The van der Waals surface area contributed by atoms with E-state index in [-0.39, 0.29) is 18.3 Å². The monoisotopic (exact) mass is 358 g/mol. The number of hydrogen-bond acceptors (Lipinski definition) is 6. The molecule has 25 heavy (non-hydrogen) atoms. The van der Waals surface area contributed by atoms with Crippen LogP contribution in [0.2, 0.25) is 0 Å². The number of hydrogen-bond donors (Lipinski definition) is 0. The van der Waals surface area contributed by atoms with Crippen LogP contribution < -0.4 is 4.90 Å². The highest BCUT2D eigenvalue weighted by molar-refractivity contribution is 7.13. The van der Waals surface area contributed by atoms with Gasteiger partial charge in [-0.2, -0.15) is 0 Å². The van der Waals surface area contributed by atoms with Crippen molar-refractivity contribution >= 4 is 34.7 Å². The van der Waals surface area contributed by atoms with E-state index in [0.717, 1.165) is 17.1 Å². The molecule has 2 heterocycles. The van der Waals surface area contributed by atoms with Crippen molar-refractivity contribution < 1.29 is 19.1 Å². The zero-order chi connectivity index (χ0) is 18.0. The molecule has 0 radical (unpaired) electrons. The van der Waals surface area contributed by atoms with Crippen molar-refractivity contribution in [3.8, 4) is 0 Å². The molecule has 1 aliphatic heterocycles. The molecule has 6 nitrogen and oxygen atoms in total. The lowest BCUT2D eigenvalue weighted by molar-refractivity contribution is -0.117. The lowest BCUT2D eigenvalue weighted by atomic mass is 10.1. The van der Waals surface area contributed by atoms with Crippen LogP contribution in [0.25, 0.3) is 0 Å². The van der Waals surface area contributed by atoms with Crippen LogP contribution in [0, 0.1) is 13.8 Å². The molecular formula is C18H18N2O4S. The zero-order valence-electron chi connectivity index (χ0n) is 14.1. The Morgan fingerprint density at radius 3 is 2.52 bits per heavy atom. The fourth-order valence-corrected chi connectivity index (χ4v) is 3.56. The smallest absolute Gasteiger partial charge is 0.350 e. The quantitative estimate of drug-likeness (QED) is 0.607. The van der Waals surface area contributed by atoms with Gasteiger partial charge in [-0.3, -0.25) is 9.59 Å². The second-order valence-electron chi connectivity index (χ2n) is 5.84. The summed E-state index contributed by atoms with van der Waals surface area (Å²) < 4.78 is 5.10.